The molecule has 1 saturated carbocycles. The highest BCUT2D eigenvalue weighted by Gasteiger charge is 2.35. The van der Waals surface area contributed by atoms with E-state index in [1.165, 1.54) is 49.9 Å². The number of fused-ring (bicyclic) bond motifs is 2. The molecule has 2 heterocycles. The van der Waals surface area contributed by atoms with Crippen LogP contribution < -0.4 is 5.32 Å². The van der Waals surface area contributed by atoms with Crippen LogP contribution in [0.25, 0.3) is 0 Å². The standard InChI is InChI=1S/C30H37N3O3S/c1-31-29(35)14-13-25(19-34)33-18-27-26(30(33)36)7-4-8-28(27)37-20-22-11-9-21(10-12-22)15-32-16-23-5-2-3-6-24(23)17-32/h4,7-12,19,23-25H,2-3,5-6,13-18,20H2,1H3,(H,31,35). The predicted octanol–water partition coefficient (Wildman–Crippen LogP) is 4.65. The zero-order chi connectivity index (χ0) is 25.8. The lowest BCUT2D eigenvalue weighted by Crippen LogP contribution is -2.37. The zero-order valence-electron chi connectivity index (χ0n) is 21.7. The molecule has 2 aliphatic heterocycles. The molecule has 37 heavy (non-hydrogen) atoms. The van der Waals surface area contributed by atoms with E-state index in [1.54, 1.807) is 23.7 Å². The third-order valence-electron chi connectivity index (χ3n) is 8.33. The molecule has 3 unspecified atom stereocenters. The number of aldehydes is 1. The Hall–Kier alpha value is -2.64. The molecule has 6 nitrogen and oxygen atoms in total. The number of nitrogens with zero attached hydrogens (tertiary/aromatic N) is 2. The normalized spacial score (nSPS) is 22.0. The molecular weight excluding hydrogens is 482 g/mol. The molecule has 2 aromatic rings. The number of hydrogen-bond acceptors (Lipinski definition) is 5. The lowest BCUT2D eigenvalue weighted by atomic mass is 9.82. The summed E-state index contributed by atoms with van der Waals surface area (Å²) in [6.07, 6.45) is 6.98. The van der Waals surface area contributed by atoms with E-state index in [0.717, 1.165) is 40.9 Å². The molecule has 0 radical (unpaired) electrons. The molecule has 0 bridgehead atoms. The monoisotopic (exact) mass is 519 g/mol. The Morgan fingerprint density at radius 1 is 1.08 bits per heavy atom. The van der Waals surface area contributed by atoms with Crippen molar-refractivity contribution < 1.29 is 14.4 Å². The highest BCUT2D eigenvalue weighted by atomic mass is 32.2. The average Bonchev–Trinajstić information content (AvgIpc) is 3.49. The Balaban J connectivity index is 1.18. The fraction of sp³-hybridized carbons (Fsp3) is 0.500. The third kappa shape index (κ3) is 5.93. The van der Waals surface area contributed by atoms with Gasteiger partial charge in [0.1, 0.15) is 6.29 Å². The van der Waals surface area contributed by atoms with E-state index in [0.29, 0.717) is 18.5 Å². The minimum Gasteiger partial charge on any atom is -0.359 e. The third-order valence-corrected chi connectivity index (χ3v) is 9.50. The van der Waals surface area contributed by atoms with Crippen LogP contribution in [0, 0.1) is 11.8 Å². The van der Waals surface area contributed by atoms with Crippen molar-refractivity contribution in [1.82, 2.24) is 15.1 Å². The number of likely N-dealkylation sites (tertiary alicyclic amines) is 1. The number of amides is 2. The summed E-state index contributed by atoms with van der Waals surface area (Å²) < 4.78 is 0. The van der Waals surface area contributed by atoms with E-state index in [-0.39, 0.29) is 18.2 Å². The summed E-state index contributed by atoms with van der Waals surface area (Å²) in [6, 6.07) is 14.2. The Bertz CT molecular complexity index is 1120. The maximum atomic E-state index is 13.1. The Morgan fingerprint density at radius 3 is 2.46 bits per heavy atom. The van der Waals surface area contributed by atoms with Crippen molar-refractivity contribution in [2.75, 3.05) is 20.1 Å². The van der Waals surface area contributed by atoms with E-state index in [2.05, 4.69) is 40.5 Å². The van der Waals surface area contributed by atoms with Gasteiger partial charge in [-0.1, -0.05) is 43.2 Å². The molecule has 1 saturated heterocycles. The summed E-state index contributed by atoms with van der Waals surface area (Å²) in [7, 11) is 1.57. The summed E-state index contributed by atoms with van der Waals surface area (Å²) >= 11 is 1.73. The van der Waals surface area contributed by atoms with Crippen molar-refractivity contribution in [3.05, 3.63) is 64.7 Å². The number of carbonyl (C=O) groups excluding carboxylic acids is 3. The van der Waals surface area contributed by atoms with Crippen LogP contribution in [-0.2, 0) is 28.4 Å². The number of benzene rings is 2. The van der Waals surface area contributed by atoms with Crippen LogP contribution in [0.3, 0.4) is 0 Å². The van der Waals surface area contributed by atoms with Crippen LogP contribution in [0.4, 0.5) is 0 Å². The first-order valence-electron chi connectivity index (χ1n) is 13.6. The Labute approximate surface area is 224 Å². The molecule has 1 aliphatic carbocycles. The molecule has 2 aromatic carbocycles. The van der Waals surface area contributed by atoms with Gasteiger partial charge in [0, 0.05) is 55.9 Å². The number of nitrogens with one attached hydrogen (secondary N) is 1. The van der Waals surface area contributed by atoms with Crippen molar-refractivity contribution in [3.63, 3.8) is 0 Å². The van der Waals surface area contributed by atoms with Crippen LogP contribution in [0.1, 0.15) is 65.6 Å². The van der Waals surface area contributed by atoms with Gasteiger partial charge in [0.15, 0.2) is 0 Å². The highest BCUT2D eigenvalue weighted by molar-refractivity contribution is 7.98. The van der Waals surface area contributed by atoms with Gasteiger partial charge in [-0.15, -0.1) is 11.8 Å². The maximum absolute atomic E-state index is 13.1. The van der Waals surface area contributed by atoms with Gasteiger partial charge in [-0.3, -0.25) is 14.5 Å². The molecular formula is C30H37N3O3S. The molecule has 196 valence electrons. The summed E-state index contributed by atoms with van der Waals surface area (Å²) in [6.45, 7) is 3.97. The smallest absolute Gasteiger partial charge is 0.255 e. The Kier molecular flexibility index (Phi) is 8.30. The molecule has 0 spiro atoms. The van der Waals surface area contributed by atoms with Gasteiger partial charge in [0.05, 0.1) is 6.04 Å². The van der Waals surface area contributed by atoms with Gasteiger partial charge in [-0.2, -0.15) is 0 Å². The number of rotatable bonds is 10. The van der Waals surface area contributed by atoms with Crippen molar-refractivity contribution in [2.45, 2.75) is 68.3 Å². The molecule has 7 heteroatoms. The van der Waals surface area contributed by atoms with Gasteiger partial charge in [0.25, 0.3) is 5.91 Å². The second kappa shape index (κ2) is 11.8. The van der Waals surface area contributed by atoms with E-state index in [1.807, 2.05) is 12.1 Å². The number of hydrogen-bond donors (Lipinski definition) is 1. The molecule has 5 rings (SSSR count). The Morgan fingerprint density at radius 2 is 1.78 bits per heavy atom. The summed E-state index contributed by atoms with van der Waals surface area (Å²) in [5.41, 5.74) is 4.29. The molecule has 3 aliphatic rings. The quantitative estimate of drug-likeness (QED) is 0.366. The van der Waals surface area contributed by atoms with E-state index < -0.39 is 6.04 Å². The molecule has 1 N–H and O–H groups in total. The predicted molar refractivity (Wildman–Crippen MR) is 146 cm³/mol. The lowest BCUT2D eigenvalue weighted by molar-refractivity contribution is -0.121. The SMILES string of the molecule is CNC(=O)CCC(C=O)N1Cc2c(SCc3ccc(CN4CC5CCCCC5C4)cc3)cccc2C1=O. The minimum absolute atomic E-state index is 0.127. The topological polar surface area (TPSA) is 69.7 Å². The van der Waals surface area contributed by atoms with Crippen LogP contribution in [-0.4, -0.2) is 54.1 Å². The summed E-state index contributed by atoms with van der Waals surface area (Å²) in [4.78, 5) is 41.8. The summed E-state index contributed by atoms with van der Waals surface area (Å²) in [5.74, 6) is 2.40. The van der Waals surface area contributed by atoms with E-state index in [9.17, 15) is 14.4 Å². The zero-order valence-corrected chi connectivity index (χ0v) is 22.5. The largest absolute Gasteiger partial charge is 0.359 e. The average molecular weight is 520 g/mol. The van der Waals surface area contributed by atoms with Crippen molar-refractivity contribution in [3.8, 4) is 0 Å². The van der Waals surface area contributed by atoms with Crippen LogP contribution in [0.15, 0.2) is 47.4 Å². The van der Waals surface area contributed by atoms with Crippen molar-refractivity contribution >= 4 is 29.9 Å². The lowest BCUT2D eigenvalue weighted by Gasteiger charge is -2.23. The molecule has 3 atom stereocenters. The number of thioether (sulfide) groups is 1. The van der Waals surface area contributed by atoms with Crippen LogP contribution >= 0.6 is 11.8 Å². The second-order valence-electron chi connectivity index (χ2n) is 10.7. The van der Waals surface area contributed by atoms with Crippen molar-refractivity contribution in [1.29, 1.82) is 0 Å². The fourth-order valence-corrected chi connectivity index (χ4v) is 7.26. The first kappa shape index (κ1) is 26.0. The highest BCUT2D eigenvalue weighted by Crippen LogP contribution is 2.37. The summed E-state index contributed by atoms with van der Waals surface area (Å²) in [5, 5.41) is 2.57. The first-order chi connectivity index (χ1) is 18.1. The van der Waals surface area contributed by atoms with Gasteiger partial charge in [-0.25, -0.2) is 0 Å². The van der Waals surface area contributed by atoms with Gasteiger partial charge in [0.2, 0.25) is 5.91 Å². The molecule has 2 amide bonds. The van der Waals surface area contributed by atoms with Gasteiger partial charge >= 0.3 is 0 Å². The van der Waals surface area contributed by atoms with E-state index >= 15 is 0 Å². The number of carbonyl (C=O) groups is 3. The molecule has 0 aromatic heterocycles. The minimum atomic E-state index is -0.595. The van der Waals surface area contributed by atoms with Crippen LogP contribution in [0.5, 0.6) is 0 Å². The molecule has 2 fully saturated rings. The maximum Gasteiger partial charge on any atom is 0.255 e. The van der Waals surface area contributed by atoms with E-state index in [4.69, 9.17) is 0 Å². The fourth-order valence-electron chi connectivity index (χ4n) is 6.22. The second-order valence-corrected chi connectivity index (χ2v) is 11.8. The first-order valence-corrected chi connectivity index (χ1v) is 14.6. The van der Waals surface area contributed by atoms with Gasteiger partial charge < -0.3 is 15.0 Å². The van der Waals surface area contributed by atoms with Crippen LogP contribution in [0.2, 0.25) is 0 Å². The van der Waals surface area contributed by atoms with Crippen molar-refractivity contribution in [2.24, 2.45) is 11.8 Å². The van der Waals surface area contributed by atoms with Gasteiger partial charge in [-0.05, 0) is 59.9 Å².